The molecule has 0 aliphatic heterocycles. The molecule has 7 nitrogen and oxygen atoms in total. The Kier molecular flexibility index (Phi) is 3.65. The summed E-state index contributed by atoms with van der Waals surface area (Å²) in [6.07, 6.45) is 4.94. The van der Waals surface area contributed by atoms with Gasteiger partial charge in [0, 0.05) is 6.04 Å². The van der Waals surface area contributed by atoms with Crippen LogP contribution in [0, 0.1) is 0 Å². The van der Waals surface area contributed by atoms with Crippen molar-refractivity contribution >= 4 is 5.84 Å². The molecular weight excluding hydrogens is 246 g/mol. The quantitative estimate of drug-likeness (QED) is 0.378. The summed E-state index contributed by atoms with van der Waals surface area (Å²) in [6, 6.07) is 3.57. The number of amidine groups is 1. The fourth-order valence-corrected chi connectivity index (χ4v) is 1.44. The second-order valence-electron chi connectivity index (χ2n) is 4.22. The molecule has 3 N–H and O–H groups in total. The first-order chi connectivity index (χ1) is 9.10. The van der Waals surface area contributed by atoms with E-state index in [1.54, 1.807) is 23.0 Å². The predicted molar refractivity (Wildman–Crippen MR) is 69.4 cm³/mol. The first-order valence-electron chi connectivity index (χ1n) is 5.76. The van der Waals surface area contributed by atoms with Gasteiger partial charge in [0.25, 0.3) is 0 Å². The van der Waals surface area contributed by atoms with Gasteiger partial charge in [-0.2, -0.15) is 5.10 Å². The summed E-state index contributed by atoms with van der Waals surface area (Å²) in [5, 5.41) is 15.6. The maximum atomic E-state index is 8.53. The van der Waals surface area contributed by atoms with Crippen molar-refractivity contribution < 1.29 is 9.94 Å². The van der Waals surface area contributed by atoms with Crippen molar-refractivity contribution in [2.75, 3.05) is 0 Å². The first kappa shape index (κ1) is 12.9. The Morgan fingerprint density at radius 2 is 2.16 bits per heavy atom. The minimum atomic E-state index is -0.0424. The lowest BCUT2D eigenvalue weighted by atomic mass is 10.3. The van der Waals surface area contributed by atoms with Crippen LogP contribution in [0.1, 0.15) is 25.6 Å². The molecule has 0 aliphatic rings. The van der Waals surface area contributed by atoms with Gasteiger partial charge in [0.2, 0.25) is 0 Å². The molecule has 0 spiro atoms. The second kappa shape index (κ2) is 5.38. The van der Waals surface area contributed by atoms with E-state index in [0.717, 1.165) is 0 Å². The van der Waals surface area contributed by atoms with E-state index in [2.05, 4.69) is 15.2 Å². The Morgan fingerprint density at radius 3 is 2.68 bits per heavy atom. The summed E-state index contributed by atoms with van der Waals surface area (Å²) in [7, 11) is 0. The van der Waals surface area contributed by atoms with Crippen molar-refractivity contribution in [3.8, 4) is 11.5 Å². The highest BCUT2D eigenvalue weighted by molar-refractivity contribution is 5.95. The maximum Gasteiger partial charge on any atom is 0.188 e. The van der Waals surface area contributed by atoms with Gasteiger partial charge in [-0.05, 0) is 26.0 Å². The van der Waals surface area contributed by atoms with Crippen LogP contribution in [0.25, 0.3) is 0 Å². The summed E-state index contributed by atoms with van der Waals surface area (Å²) >= 11 is 0. The zero-order valence-corrected chi connectivity index (χ0v) is 10.7. The number of aromatic nitrogens is 3. The van der Waals surface area contributed by atoms with Gasteiger partial charge in [0.15, 0.2) is 11.6 Å². The summed E-state index contributed by atoms with van der Waals surface area (Å²) in [5.74, 6) is 1.14. The fourth-order valence-electron chi connectivity index (χ4n) is 1.44. The molecule has 2 aromatic rings. The lowest BCUT2D eigenvalue weighted by Crippen LogP contribution is -2.14. The molecule has 0 bridgehead atoms. The van der Waals surface area contributed by atoms with Crippen molar-refractivity contribution in [2.45, 2.75) is 19.9 Å². The highest BCUT2D eigenvalue weighted by Gasteiger charge is 2.05. The first-order valence-corrected chi connectivity index (χ1v) is 5.76. The topological polar surface area (TPSA) is 98.5 Å². The van der Waals surface area contributed by atoms with Crippen LogP contribution in [0.2, 0.25) is 0 Å². The number of pyridine rings is 1. The maximum absolute atomic E-state index is 8.53. The normalized spacial score (nSPS) is 11.8. The van der Waals surface area contributed by atoms with Gasteiger partial charge in [-0.25, -0.2) is 4.98 Å². The van der Waals surface area contributed by atoms with Gasteiger partial charge in [0.05, 0.1) is 18.6 Å². The highest BCUT2D eigenvalue weighted by atomic mass is 16.5. The second-order valence-corrected chi connectivity index (χ2v) is 4.22. The van der Waals surface area contributed by atoms with Gasteiger partial charge < -0.3 is 15.7 Å². The molecular formula is C12H15N5O2. The fraction of sp³-hybridized carbons (Fsp3) is 0.250. The van der Waals surface area contributed by atoms with E-state index in [-0.39, 0.29) is 11.9 Å². The number of oxime groups is 1. The zero-order valence-electron chi connectivity index (χ0n) is 10.7. The molecule has 0 amide bonds. The molecule has 2 rings (SSSR count). The van der Waals surface area contributed by atoms with Crippen molar-refractivity contribution in [3.63, 3.8) is 0 Å². The van der Waals surface area contributed by atoms with Crippen molar-refractivity contribution in [1.29, 1.82) is 0 Å². The van der Waals surface area contributed by atoms with Crippen molar-refractivity contribution in [1.82, 2.24) is 14.8 Å². The lowest BCUT2D eigenvalue weighted by Gasteiger charge is -2.04. The molecule has 19 heavy (non-hydrogen) atoms. The molecule has 0 saturated heterocycles. The Balaban J connectivity index is 2.10. The van der Waals surface area contributed by atoms with Crippen LogP contribution >= 0.6 is 0 Å². The van der Waals surface area contributed by atoms with E-state index in [9.17, 15) is 0 Å². The molecule has 0 unspecified atom stereocenters. The zero-order chi connectivity index (χ0) is 13.8. The molecule has 0 aliphatic carbocycles. The number of ether oxygens (including phenoxy) is 1. The van der Waals surface area contributed by atoms with Crippen LogP contribution in [0.4, 0.5) is 0 Å². The standard InChI is InChI=1S/C12H15N5O2/c1-8(2)17-7-10(6-15-17)19-9-3-4-11(14-5-9)12(13)16-18/h3-8,18H,1-2H3,(H2,13,16). The molecule has 2 heterocycles. The van der Waals surface area contributed by atoms with Gasteiger partial charge in [0.1, 0.15) is 11.4 Å². The number of nitrogens with two attached hydrogens (primary N) is 1. The van der Waals surface area contributed by atoms with Crippen molar-refractivity contribution in [3.05, 3.63) is 36.4 Å². The lowest BCUT2D eigenvalue weighted by molar-refractivity contribution is 0.318. The van der Waals surface area contributed by atoms with Crippen LogP contribution in [0.3, 0.4) is 0 Å². The number of rotatable bonds is 4. The molecule has 100 valence electrons. The van der Waals surface area contributed by atoms with E-state index in [0.29, 0.717) is 17.2 Å². The number of hydrogen-bond acceptors (Lipinski definition) is 5. The molecule has 0 fully saturated rings. The predicted octanol–water partition coefficient (Wildman–Crippen LogP) is 1.75. The minimum Gasteiger partial charge on any atom is -0.452 e. The molecule has 7 heteroatoms. The van der Waals surface area contributed by atoms with Crippen LogP contribution in [-0.2, 0) is 0 Å². The van der Waals surface area contributed by atoms with Crippen LogP contribution in [0.15, 0.2) is 35.9 Å². The van der Waals surface area contributed by atoms with Gasteiger partial charge in [-0.1, -0.05) is 5.16 Å². The van der Waals surface area contributed by atoms with E-state index < -0.39 is 0 Å². The van der Waals surface area contributed by atoms with Crippen molar-refractivity contribution in [2.24, 2.45) is 10.9 Å². The third-order valence-electron chi connectivity index (χ3n) is 2.45. The number of nitrogens with zero attached hydrogens (tertiary/aromatic N) is 4. The molecule has 0 atom stereocenters. The minimum absolute atomic E-state index is 0.0424. The Bertz CT molecular complexity index is 574. The molecule has 2 aromatic heterocycles. The monoisotopic (exact) mass is 261 g/mol. The third-order valence-corrected chi connectivity index (χ3v) is 2.45. The van der Waals surface area contributed by atoms with Crippen LogP contribution < -0.4 is 10.5 Å². The average Bonchev–Trinajstić information content (AvgIpc) is 2.87. The molecule has 0 radical (unpaired) electrons. The summed E-state index contributed by atoms with van der Waals surface area (Å²) in [6.45, 7) is 4.06. The highest BCUT2D eigenvalue weighted by Crippen LogP contribution is 2.20. The number of hydrogen-bond donors (Lipinski definition) is 2. The summed E-state index contributed by atoms with van der Waals surface area (Å²) in [4.78, 5) is 4.02. The van der Waals surface area contributed by atoms with E-state index >= 15 is 0 Å². The average molecular weight is 261 g/mol. The third kappa shape index (κ3) is 3.01. The summed E-state index contributed by atoms with van der Waals surface area (Å²) < 4.78 is 7.39. The van der Waals surface area contributed by atoms with E-state index in [1.807, 2.05) is 20.0 Å². The van der Waals surface area contributed by atoms with Gasteiger partial charge in [-0.3, -0.25) is 4.68 Å². The summed E-state index contributed by atoms with van der Waals surface area (Å²) in [5.41, 5.74) is 5.80. The van der Waals surface area contributed by atoms with E-state index in [1.165, 1.54) is 6.20 Å². The molecule has 0 saturated carbocycles. The Labute approximate surface area is 110 Å². The largest absolute Gasteiger partial charge is 0.452 e. The van der Waals surface area contributed by atoms with Gasteiger partial charge in [-0.15, -0.1) is 0 Å². The smallest absolute Gasteiger partial charge is 0.188 e. The molecule has 0 aromatic carbocycles. The van der Waals surface area contributed by atoms with Crippen LogP contribution in [-0.4, -0.2) is 25.8 Å². The SMILES string of the molecule is CC(C)n1cc(Oc2ccc(/C(N)=N/O)nc2)cn1. The van der Waals surface area contributed by atoms with Gasteiger partial charge >= 0.3 is 0 Å². The van der Waals surface area contributed by atoms with E-state index in [4.69, 9.17) is 15.7 Å². The Morgan fingerprint density at radius 1 is 1.37 bits per heavy atom. The van der Waals surface area contributed by atoms with Crippen LogP contribution in [0.5, 0.6) is 11.5 Å². The Hall–Kier alpha value is -2.57.